The number of rotatable bonds is 1. The fraction of sp³-hybridized carbons (Fsp3) is 0.263. The second-order valence-electron chi connectivity index (χ2n) is 5.81. The molecule has 0 N–H and O–H groups in total. The summed E-state index contributed by atoms with van der Waals surface area (Å²) in [7, 11) is 0. The fourth-order valence-electron chi connectivity index (χ4n) is 4.01. The topological polar surface area (TPSA) is 0 Å². The molecule has 0 aliphatic heterocycles. The number of hydrogen-bond acceptors (Lipinski definition) is 0. The van der Waals surface area contributed by atoms with Crippen molar-refractivity contribution in [3.8, 4) is 0 Å². The summed E-state index contributed by atoms with van der Waals surface area (Å²) in [6.07, 6.45) is 17.6. The van der Waals surface area contributed by atoms with Gasteiger partial charge in [-0.15, -0.1) is 0 Å². The molecule has 0 spiro atoms. The molecule has 4 rings (SSSR count). The molecule has 0 nitrogen and oxygen atoms in total. The summed E-state index contributed by atoms with van der Waals surface area (Å²) >= 11 is 0. The maximum absolute atomic E-state index is 2.42. The van der Waals surface area contributed by atoms with E-state index in [2.05, 4.69) is 72.9 Å². The van der Waals surface area contributed by atoms with Gasteiger partial charge in [0.25, 0.3) is 0 Å². The Bertz CT molecular complexity index is 586. The van der Waals surface area contributed by atoms with Crippen LogP contribution in [-0.2, 0) is 0 Å². The van der Waals surface area contributed by atoms with Crippen LogP contribution >= 0.6 is 0 Å². The van der Waals surface area contributed by atoms with E-state index >= 15 is 0 Å². The fourth-order valence-corrected chi connectivity index (χ4v) is 4.01. The van der Waals surface area contributed by atoms with Crippen molar-refractivity contribution in [2.75, 3.05) is 0 Å². The summed E-state index contributed by atoms with van der Waals surface area (Å²) in [5.41, 5.74) is 2.92. The van der Waals surface area contributed by atoms with Gasteiger partial charge in [-0.1, -0.05) is 72.9 Å². The Morgan fingerprint density at radius 3 is 2.47 bits per heavy atom. The minimum absolute atomic E-state index is 0.665. The predicted octanol–water partition coefficient (Wildman–Crippen LogP) is 4.63. The van der Waals surface area contributed by atoms with Crippen molar-refractivity contribution in [1.29, 1.82) is 0 Å². The number of hydrogen-bond donors (Lipinski definition) is 0. The molecule has 1 fully saturated rings. The van der Waals surface area contributed by atoms with Gasteiger partial charge in [-0.25, -0.2) is 0 Å². The summed E-state index contributed by atoms with van der Waals surface area (Å²) in [6.45, 7) is 0. The van der Waals surface area contributed by atoms with Crippen molar-refractivity contribution in [2.24, 2.45) is 23.7 Å². The second kappa shape index (κ2) is 4.38. The third-order valence-corrected chi connectivity index (χ3v) is 4.82. The highest BCUT2D eigenvalue weighted by Crippen LogP contribution is 2.52. The van der Waals surface area contributed by atoms with Gasteiger partial charge in [-0.2, -0.15) is 0 Å². The van der Waals surface area contributed by atoms with Crippen LogP contribution in [0.1, 0.15) is 12.0 Å². The van der Waals surface area contributed by atoms with Gasteiger partial charge in [0, 0.05) is 0 Å². The Labute approximate surface area is 114 Å². The minimum atomic E-state index is 0.665. The van der Waals surface area contributed by atoms with Crippen LogP contribution in [-0.4, -0.2) is 0 Å². The van der Waals surface area contributed by atoms with Crippen LogP contribution in [0.2, 0.25) is 0 Å². The van der Waals surface area contributed by atoms with Crippen LogP contribution in [0.15, 0.2) is 72.9 Å². The molecule has 3 aliphatic rings. The molecule has 0 amide bonds. The average molecular weight is 246 g/mol. The van der Waals surface area contributed by atoms with Crippen molar-refractivity contribution >= 4 is 5.57 Å². The summed E-state index contributed by atoms with van der Waals surface area (Å²) in [5.74, 6) is 2.79. The van der Waals surface area contributed by atoms with E-state index in [-0.39, 0.29) is 0 Å². The van der Waals surface area contributed by atoms with Crippen molar-refractivity contribution in [1.82, 2.24) is 0 Å². The van der Waals surface area contributed by atoms with Gasteiger partial charge in [0.15, 0.2) is 0 Å². The molecule has 1 aromatic carbocycles. The summed E-state index contributed by atoms with van der Waals surface area (Å²) in [6, 6.07) is 10.9. The lowest BCUT2D eigenvalue weighted by Gasteiger charge is -2.28. The monoisotopic (exact) mass is 246 g/mol. The van der Waals surface area contributed by atoms with Crippen LogP contribution in [0.4, 0.5) is 0 Å². The normalized spacial score (nSPS) is 34.8. The van der Waals surface area contributed by atoms with Gasteiger partial charge < -0.3 is 0 Å². The van der Waals surface area contributed by atoms with Crippen molar-refractivity contribution < 1.29 is 0 Å². The molecule has 0 radical (unpaired) electrons. The summed E-state index contributed by atoms with van der Waals surface area (Å²) < 4.78 is 0. The maximum Gasteiger partial charge on any atom is -0.00241 e. The molecule has 19 heavy (non-hydrogen) atoms. The molecule has 1 saturated carbocycles. The highest BCUT2D eigenvalue weighted by atomic mass is 14.5. The molecule has 4 unspecified atom stereocenters. The predicted molar refractivity (Wildman–Crippen MR) is 80.4 cm³/mol. The summed E-state index contributed by atoms with van der Waals surface area (Å²) in [5, 5.41) is 0. The molecule has 3 aliphatic carbocycles. The Morgan fingerprint density at radius 1 is 0.789 bits per heavy atom. The first-order chi connectivity index (χ1) is 9.43. The van der Waals surface area contributed by atoms with E-state index in [1.165, 1.54) is 17.6 Å². The zero-order valence-electron chi connectivity index (χ0n) is 10.9. The van der Waals surface area contributed by atoms with E-state index in [4.69, 9.17) is 0 Å². The van der Waals surface area contributed by atoms with E-state index < -0.39 is 0 Å². The molecule has 0 saturated heterocycles. The van der Waals surface area contributed by atoms with Gasteiger partial charge in [-0.3, -0.25) is 0 Å². The molecule has 4 atom stereocenters. The van der Waals surface area contributed by atoms with Gasteiger partial charge in [0.2, 0.25) is 0 Å². The third kappa shape index (κ3) is 1.74. The molecule has 94 valence electrons. The van der Waals surface area contributed by atoms with Crippen molar-refractivity contribution in [3.05, 3.63) is 78.4 Å². The molecular weight excluding hydrogens is 228 g/mol. The molecule has 0 heterocycles. The van der Waals surface area contributed by atoms with E-state index in [0.717, 1.165) is 5.92 Å². The summed E-state index contributed by atoms with van der Waals surface area (Å²) in [4.78, 5) is 0. The van der Waals surface area contributed by atoms with Gasteiger partial charge in [0.05, 0.1) is 0 Å². The van der Waals surface area contributed by atoms with Crippen LogP contribution in [0, 0.1) is 23.7 Å². The van der Waals surface area contributed by atoms with Gasteiger partial charge in [0.1, 0.15) is 0 Å². The van der Waals surface area contributed by atoms with Gasteiger partial charge in [-0.05, 0) is 41.2 Å². The first-order valence-corrected chi connectivity index (χ1v) is 7.22. The van der Waals surface area contributed by atoms with E-state index in [1.54, 1.807) is 0 Å². The zero-order valence-corrected chi connectivity index (χ0v) is 10.9. The lowest BCUT2D eigenvalue weighted by molar-refractivity contribution is 0.474. The lowest BCUT2D eigenvalue weighted by Crippen LogP contribution is -2.18. The molecular formula is C19H18. The van der Waals surface area contributed by atoms with Crippen LogP contribution < -0.4 is 0 Å². The first-order valence-electron chi connectivity index (χ1n) is 7.22. The highest BCUT2D eigenvalue weighted by molar-refractivity contribution is 5.71. The average Bonchev–Trinajstić information content (AvgIpc) is 2.86. The largest absolute Gasteiger partial charge is 0.0808 e. The van der Waals surface area contributed by atoms with E-state index in [9.17, 15) is 0 Å². The highest BCUT2D eigenvalue weighted by Gasteiger charge is 2.42. The molecule has 0 bridgehead atoms. The SMILES string of the molecule is C1=CC2CC3C=CC=C(c4ccccc4)C3C2C=C1. The van der Waals surface area contributed by atoms with Crippen molar-refractivity contribution in [2.45, 2.75) is 6.42 Å². The second-order valence-corrected chi connectivity index (χ2v) is 5.81. The Hall–Kier alpha value is -1.82. The molecule has 1 aromatic rings. The minimum Gasteiger partial charge on any atom is -0.0808 e. The van der Waals surface area contributed by atoms with Gasteiger partial charge >= 0.3 is 0 Å². The third-order valence-electron chi connectivity index (χ3n) is 4.82. The molecule has 0 heteroatoms. The van der Waals surface area contributed by atoms with Crippen LogP contribution in [0.25, 0.3) is 5.57 Å². The lowest BCUT2D eigenvalue weighted by atomic mass is 9.75. The Kier molecular flexibility index (Phi) is 2.55. The van der Waals surface area contributed by atoms with E-state index in [0.29, 0.717) is 17.8 Å². The maximum atomic E-state index is 2.42. The van der Waals surface area contributed by atoms with E-state index in [1.807, 2.05) is 0 Å². The number of fused-ring (bicyclic) bond motifs is 3. The quantitative estimate of drug-likeness (QED) is 0.677. The van der Waals surface area contributed by atoms with Crippen molar-refractivity contribution in [3.63, 3.8) is 0 Å². The molecule has 0 aromatic heterocycles. The Morgan fingerprint density at radius 2 is 1.58 bits per heavy atom. The first kappa shape index (κ1) is 11.0. The number of allylic oxidation sites excluding steroid dienone is 8. The van der Waals surface area contributed by atoms with Crippen LogP contribution in [0.5, 0.6) is 0 Å². The standard InChI is InChI=1S/C19H18/c1-2-7-14(8-3-1)17-12-6-10-16-13-15-9-4-5-11-18(15)19(16)17/h1-12,15-16,18-19H,13H2. The van der Waals surface area contributed by atoms with Crippen LogP contribution in [0.3, 0.4) is 0 Å². The Balaban J connectivity index is 1.76. The smallest absolute Gasteiger partial charge is 0.00241 e. The number of benzene rings is 1. The zero-order chi connectivity index (χ0) is 12.7.